The fourth-order valence-corrected chi connectivity index (χ4v) is 6.95. The number of sulfonamides is 1. The Balaban J connectivity index is 1.70. The van der Waals surface area contributed by atoms with Gasteiger partial charge >= 0.3 is 0 Å². The van der Waals surface area contributed by atoms with Crippen molar-refractivity contribution in [2.24, 2.45) is 0 Å². The number of hydrogen-bond acceptors (Lipinski definition) is 5. The summed E-state index contributed by atoms with van der Waals surface area (Å²) in [5, 5.41) is 3.15. The molecule has 3 aromatic rings. The predicted molar refractivity (Wildman–Crippen MR) is 170 cm³/mol. The van der Waals surface area contributed by atoms with E-state index in [4.69, 9.17) is 4.74 Å². The summed E-state index contributed by atoms with van der Waals surface area (Å²) in [6.45, 7) is 7.81. The minimum atomic E-state index is -4.15. The van der Waals surface area contributed by atoms with Crippen molar-refractivity contribution in [2.45, 2.75) is 83.3 Å². The fourth-order valence-electron chi connectivity index (χ4n) is 5.54. The predicted octanol–water partition coefficient (Wildman–Crippen LogP) is 5.76. The van der Waals surface area contributed by atoms with Crippen LogP contribution >= 0.6 is 0 Å². The van der Waals surface area contributed by atoms with E-state index >= 15 is 0 Å². The van der Waals surface area contributed by atoms with Crippen LogP contribution in [0, 0.1) is 13.8 Å². The van der Waals surface area contributed by atoms with Gasteiger partial charge in [0.25, 0.3) is 10.0 Å². The summed E-state index contributed by atoms with van der Waals surface area (Å²) in [5.74, 6) is -0.0977. The molecule has 0 radical (unpaired) electrons. The van der Waals surface area contributed by atoms with Gasteiger partial charge in [0.05, 0.1) is 17.2 Å². The highest BCUT2D eigenvalue weighted by molar-refractivity contribution is 7.92. The molecule has 1 aliphatic rings. The summed E-state index contributed by atoms with van der Waals surface area (Å²) >= 11 is 0. The first-order valence-electron chi connectivity index (χ1n) is 15.1. The number of carbonyl (C=O) groups excluding carboxylic acids is 2. The van der Waals surface area contributed by atoms with E-state index in [-0.39, 0.29) is 23.4 Å². The maximum Gasteiger partial charge on any atom is 0.264 e. The van der Waals surface area contributed by atoms with Gasteiger partial charge in [0.2, 0.25) is 11.8 Å². The van der Waals surface area contributed by atoms with Crippen LogP contribution in [0.5, 0.6) is 5.75 Å². The Morgan fingerprint density at radius 1 is 0.930 bits per heavy atom. The lowest BCUT2D eigenvalue weighted by Gasteiger charge is -2.34. The molecule has 1 unspecified atom stereocenters. The smallest absolute Gasteiger partial charge is 0.264 e. The van der Waals surface area contributed by atoms with Crippen LogP contribution in [0.4, 0.5) is 5.69 Å². The second kappa shape index (κ2) is 14.6. The quantitative estimate of drug-likeness (QED) is 0.267. The second-order valence-corrected chi connectivity index (χ2v) is 13.0. The van der Waals surface area contributed by atoms with Crippen LogP contribution in [0.15, 0.2) is 77.7 Å². The largest absolute Gasteiger partial charge is 0.494 e. The van der Waals surface area contributed by atoms with Gasteiger partial charge in [-0.05, 0) is 82.0 Å². The van der Waals surface area contributed by atoms with E-state index in [2.05, 4.69) is 5.32 Å². The molecule has 4 rings (SSSR count). The van der Waals surface area contributed by atoms with E-state index in [1.165, 1.54) is 17.0 Å². The van der Waals surface area contributed by atoms with Crippen LogP contribution in [0.2, 0.25) is 0 Å². The van der Waals surface area contributed by atoms with Crippen LogP contribution in [0.1, 0.15) is 62.6 Å². The van der Waals surface area contributed by atoms with Crippen LogP contribution in [0.25, 0.3) is 0 Å². The van der Waals surface area contributed by atoms with Crippen LogP contribution < -0.4 is 14.4 Å². The van der Waals surface area contributed by atoms with Crippen molar-refractivity contribution < 1.29 is 22.7 Å². The summed E-state index contributed by atoms with van der Waals surface area (Å²) in [5.41, 5.74) is 3.24. The van der Waals surface area contributed by atoms with E-state index in [0.717, 1.165) is 46.7 Å². The first-order valence-corrected chi connectivity index (χ1v) is 16.5. The average Bonchev–Trinajstić information content (AvgIpc) is 3.50. The molecule has 1 fully saturated rings. The Labute approximate surface area is 256 Å². The van der Waals surface area contributed by atoms with E-state index in [9.17, 15) is 18.0 Å². The van der Waals surface area contributed by atoms with E-state index in [0.29, 0.717) is 24.5 Å². The fraction of sp³-hybridized carbons (Fsp3) is 0.412. The van der Waals surface area contributed by atoms with E-state index in [1.807, 2.05) is 64.1 Å². The summed E-state index contributed by atoms with van der Waals surface area (Å²) < 4.78 is 34.8. The molecule has 43 heavy (non-hydrogen) atoms. The van der Waals surface area contributed by atoms with Crippen molar-refractivity contribution >= 4 is 27.5 Å². The van der Waals surface area contributed by atoms with Gasteiger partial charge in [0, 0.05) is 12.6 Å². The van der Waals surface area contributed by atoms with Crippen molar-refractivity contribution in [3.05, 3.63) is 89.5 Å². The van der Waals surface area contributed by atoms with Gasteiger partial charge in [-0.1, -0.05) is 67.3 Å². The molecule has 0 aromatic heterocycles. The number of nitrogens with one attached hydrogen (secondary N) is 1. The molecule has 1 N–H and O–H groups in total. The van der Waals surface area contributed by atoms with Gasteiger partial charge in [-0.3, -0.25) is 13.9 Å². The van der Waals surface area contributed by atoms with Crippen molar-refractivity contribution in [3.63, 3.8) is 0 Å². The first-order chi connectivity index (χ1) is 20.6. The third-order valence-corrected chi connectivity index (χ3v) is 9.63. The standard InChI is InChI=1S/C34H43N3O5S/c1-5-32(34(39)35-28-12-7-8-13-28)36(23-27-11-9-10-26(4)22-27)33(38)24-37(29-16-14-25(3)15-17-29)43(40,41)31-20-18-30(19-21-31)42-6-2/h9-11,14-22,28,32H,5-8,12-13,23-24H2,1-4H3,(H,35,39). The molecule has 2 amide bonds. The van der Waals surface area contributed by atoms with Crippen molar-refractivity contribution in [2.75, 3.05) is 17.5 Å². The maximum atomic E-state index is 14.3. The van der Waals surface area contributed by atoms with Crippen molar-refractivity contribution in [1.82, 2.24) is 10.2 Å². The zero-order valence-electron chi connectivity index (χ0n) is 25.6. The van der Waals surface area contributed by atoms with E-state index in [1.54, 1.807) is 24.3 Å². The number of nitrogens with zero attached hydrogens (tertiary/aromatic N) is 2. The molecule has 230 valence electrons. The topological polar surface area (TPSA) is 96.0 Å². The summed E-state index contributed by atoms with van der Waals surface area (Å²) in [7, 11) is -4.15. The number of hydrogen-bond donors (Lipinski definition) is 1. The molecule has 1 saturated carbocycles. The number of ether oxygens (including phenoxy) is 1. The highest BCUT2D eigenvalue weighted by Gasteiger charge is 2.34. The zero-order chi connectivity index (χ0) is 31.0. The molecule has 0 spiro atoms. The molecule has 0 bridgehead atoms. The average molecular weight is 606 g/mol. The SMILES string of the molecule is CCOc1ccc(S(=O)(=O)N(CC(=O)N(Cc2cccc(C)c2)C(CC)C(=O)NC2CCCC2)c2ccc(C)cc2)cc1. The molecular weight excluding hydrogens is 562 g/mol. The lowest BCUT2D eigenvalue weighted by atomic mass is 10.1. The number of aryl methyl sites for hydroxylation is 2. The molecule has 8 nitrogen and oxygen atoms in total. The third-order valence-electron chi connectivity index (χ3n) is 7.85. The summed E-state index contributed by atoms with van der Waals surface area (Å²) in [6, 6.07) is 20.4. The molecule has 1 aliphatic carbocycles. The molecule has 1 atom stereocenters. The Bertz CT molecular complexity index is 1480. The Morgan fingerprint density at radius 2 is 1.60 bits per heavy atom. The lowest BCUT2D eigenvalue weighted by Crippen LogP contribution is -2.53. The number of rotatable bonds is 13. The number of carbonyl (C=O) groups is 2. The first kappa shape index (κ1) is 32.1. The number of anilines is 1. The van der Waals surface area contributed by atoms with Crippen molar-refractivity contribution in [1.29, 1.82) is 0 Å². The Kier molecular flexibility index (Phi) is 10.9. The van der Waals surface area contributed by atoms with Gasteiger partial charge < -0.3 is 15.0 Å². The Hall–Kier alpha value is -3.85. The molecule has 0 heterocycles. The minimum absolute atomic E-state index is 0.0422. The van der Waals surface area contributed by atoms with Gasteiger partial charge in [-0.15, -0.1) is 0 Å². The van der Waals surface area contributed by atoms with Crippen LogP contribution in [-0.4, -0.2) is 50.4 Å². The highest BCUT2D eigenvalue weighted by atomic mass is 32.2. The van der Waals surface area contributed by atoms with E-state index < -0.39 is 28.5 Å². The number of amides is 2. The maximum absolute atomic E-state index is 14.3. The van der Waals surface area contributed by atoms with Crippen molar-refractivity contribution in [3.8, 4) is 5.75 Å². The zero-order valence-corrected chi connectivity index (χ0v) is 26.4. The van der Waals surface area contributed by atoms with Gasteiger partial charge in [-0.2, -0.15) is 0 Å². The second-order valence-electron chi connectivity index (χ2n) is 11.2. The van der Waals surface area contributed by atoms with Crippen LogP contribution in [-0.2, 0) is 26.2 Å². The van der Waals surface area contributed by atoms with Gasteiger partial charge in [0.1, 0.15) is 18.3 Å². The van der Waals surface area contributed by atoms with Gasteiger partial charge in [-0.25, -0.2) is 8.42 Å². The normalized spacial score (nSPS) is 14.2. The molecule has 9 heteroatoms. The summed E-state index contributed by atoms with van der Waals surface area (Å²) in [4.78, 5) is 29.4. The monoisotopic (exact) mass is 605 g/mol. The van der Waals surface area contributed by atoms with Crippen LogP contribution in [0.3, 0.4) is 0 Å². The molecule has 0 saturated heterocycles. The summed E-state index contributed by atoms with van der Waals surface area (Å²) in [6.07, 6.45) is 4.39. The Morgan fingerprint density at radius 3 is 2.21 bits per heavy atom. The minimum Gasteiger partial charge on any atom is -0.494 e. The third kappa shape index (κ3) is 8.16. The molecule has 3 aromatic carbocycles. The lowest BCUT2D eigenvalue weighted by molar-refractivity contribution is -0.140. The molecular formula is C34H43N3O5S. The van der Waals surface area contributed by atoms with Gasteiger partial charge in [0.15, 0.2) is 0 Å². The molecule has 0 aliphatic heterocycles. The number of benzene rings is 3. The highest BCUT2D eigenvalue weighted by Crippen LogP contribution is 2.27.